The van der Waals surface area contributed by atoms with Crippen LogP contribution in [0.15, 0.2) is 24.3 Å². The van der Waals surface area contributed by atoms with Crippen molar-refractivity contribution in [3.63, 3.8) is 0 Å². The zero-order valence-electron chi connectivity index (χ0n) is 14.5. The van der Waals surface area contributed by atoms with Crippen molar-refractivity contribution in [2.45, 2.75) is 65.1 Å². The molecule has 128 valence electrons. The Kier molecular flexibility index (Phi) is 6.05. The fourth-order valence-corrected chi connectivity index (χ4v) is 3.18. The smallest absolute Gasteiger partial charge is 0.251 e. The van der Waals surface area contributed by atoms with Crippen LogP contribution in [0, 0.1) is 5.41 Å². The molecule has 0 aliphatic heterocycles. The third-order valence-electron chi connectivity index (χ3n) is 4.30. The molecule has 0 saturated heterocycles. The molecular formula is C19H29NO3. The molecular weight excluding hydrogens is 290 g/mol. The summed E-state index contributed by atoms with van der Waals surface area (Å²) < 4.78 is 5.91. The van der Waals surface area contributed by atoms with Gasteiger partial charge in [-0.2, -0.15) is 0 Å². The van der Waals surface area contributed by atoms with Crippen molar-refractivity contribution in [2.75, 3.05) is 6.54 Å². The highest BCUT2D eigenvalue weighted by Crippen LogP contribution is 2.24. The normalized spacial score (nSPS) is 17.0. The van der Waals surface area contributed by atoms with E-state index in [-0.39, 0.29) is 17.4 Å². The van der Waals surface area contributed by atoms with E-state index in [0.29, 0.717) is 24.6 Å². The van der Waals surface area contributed by atoms with Crippen LogP contribution in [0.25, 0.3) is 0 Å². The lowest BCUT2D eigenvalue weighted by Crippen LogP contribution is -2.35. The molecule has 1 aliphatic rings. The molecule has 0 aromatic heterocycles. The van der Waals surface area contributed by atoms with Crippen LogP contribution >= 0.6 is 0 Å². The fourth-order valence-electron chi connectivity index (χ4n) is 3.18. The molecule has 1 amide bonds. The lowest BCUT2D eigenvalue weighted by molar-refractivity contribution is 0.0902. The number of rotatable bonds is 7. The zero-order chi connectivity index (χ0) is 16.9. The van der Waals surface area contributed by atoms with Gasteiger partial charge in [-0.05, 0) is 68.7 Å². The summed E-state index contributed by atoms with van der Waals surface area (Å²) in [6.45, 7) is 6.39. The van der Waals surface area contributed by atoms with E-state index in [9.17, 15) is 9.90 Å². The second-order valence-electron chi connectivity index (χ2n) is 7.45. The van der Waals surface area contributed by atoms with Crippen LogP contribution in [-0.2, 0) is 0 Å². The maximum atomic E-state index is 12.2. The monoisotopic (exact) mass is 319 g/mol. The fraction of sp³-hybridized carbons (Fsp3) is 0.632. The molecule has 1 atom stereocenters. The van der Waals surface area contributed by atoms with Crippen LogP contribution < -0.4 is 10.1 Å². The van der Waals surface area contributed by atoms with Crippen LogP contribution in [0.4, 0.5) is 0 Å². The van der Waals surface area contributed by atoms with Crippen LogP contribution in [0.5, 0.6) is 5.75 Å². The average Bonchev–Trinajstić information content (AvgIpc) is 2.97. The van der Waals surface area contributed by atoms with Crippen molar-refractivity contribution in [3.8, 4) is 5.75 Å². The molecule has 0 spiro atoms. The Morgan fingerprint density at radius 3 is 2.48 bits per heavy atom. The van der Waals surface area contributed by atoms with Gasteiger partial charge in [0.25, 0.3) is 5.91 Å². The number of benzene rings is 1. The summed E-state index contributed by atoms with van der Waals surface area (Å²) in [5.41, 5.74) is 0.506. The molecule has 1 fully saturated rings. The van der Waals surface area contributed by atoms with E-state index in [1.165, 1.54) is 12.8 Å². The summed E-state index contributed by atoms with van der Waals surface area (Å²) in [5.74, 6) is 0.749. The van der Waals surface area contributed by atoms with Crippen molar-refractivity contribution < 1.29 is 14.6 Å². The highest BCUT2D eigenvalue weighted by molar-refractivity contribution is 5.94. The molecule has 0 radical (unpaired) electrons. The highest BCUT2D eigenvalue weighted by atomic mass is 16.5. The standard InChI is InChI=1S/C19H29NO3/c1-14(21)12-19(2,3)13-20-18(22)15-8-10-17(11-9-15)23-16-6-4-5-7-16/h8-11,14,16,21H,4-7,12-13H2,1-3H3,(H,20,22). The Morgan fingerprint density at radius 2 is 1.91 bits per heavy atom. The Bertz CT molecular complexity index is 502. The second-order valence-corrected chi connectivity index (χ2v) is 7.45. The van der Waals surface area contributed by atoms with Crippen molar-refractivity contribution in [1.82, 2.24) is 5.32 Å². The minimum Gasteiger partial charge on any atom is -0.490 e. The molecule has 2 rings (SSSR count). The number of carbonyl (C=O) groups excluding carboxylic acids is 1. The average molecular weight is 319 g/mol. The molecule has 1 aromatic rings. The van der Waals surface area contributed by atoms with E-state index in [0.717, 1.165) is 18.6 Å². The summed E-state index contributed by atoms with van der Waals surface area (Å²) >= 11 is 0. The first-order chi connectivity index (χ1) is 10.9. The summed E-state index contributed by atoms with van der Waals surface area (Å²) in [7, 11) is 0. The minimum absolute atomic E-state index is 0.0870. The van der Waals surface area contributed by atoms with Gasteiger partial charge in [0.2, 0.25) is 0 Å². The third kappa shape index (κ3) is 5.87. The predicted molar refractivity (Wildman–Crippen MR) is 91.7 cm³/mol. The van der Waals surface area contributed by atoms with Crippen LogP contribution in [0.2, 0.25) is 0 Å². The quantitative estimate of drug-likeness (QED) is 0.808. The lowest BCUT2D eigenvalue weighted by atomic mass is 9.87. The van der Waals surface area contributed by atoms with Crippen LogP contribution in [0.1, 0.15) is 63.2 Å². The maximum Gasteiger partial charge on any atom is 0.251 e. The molecule has 4 nitrogen and oxygen atoms in total. The second kappa shape index (κ2) is 7.82. The summed E-state index contributed by atoms with van der Waals surface area (Å²) in [6, 6.07) is 7.35. The Morgan fingerprint density at radius 1 is 1.30 bits per heavy atom. The molecule has 23 heavy (non-hydrogen) atoms. The Hall–Kier alpha value is -1.55. The van der Waals surface area contributed by atoms with Crippen LogP contribution in [0.3, 0.4) is 0 Å². The number of ether oxygens (including phenoxy) is 1. The first-order valence-corrected chi connectivity index (χ1v) is 8.59. The third-order valence-corrected chi connectivity index (χ3v) is 4.30. The van der Waals surface area contributed by atoms with E-state index < -0.39 is 0 Å². The molecule has 4 heteroatoms. The van der Waals surface area contributed by atoms with Crippen molar-refractivity contribution in [1.29, 1.82) is 0 Å². The first kappa shape index (κ1) is 17.8. The zero-order valence-corrected chi connectivity index (χ0v) is 14.5. The van der Waals surface area contributed by atoms with E-state index in [4.69, 9.17) is 4.74 Å². The number of aliphatic hydroxyl groups excluding tert-OH is 1. The topological polar surface area (TPSA) is 58.6 Å². The first-order valence-electron chi connectivity index (χ1n) is 8.59. The van der Waals surface area contributed by atoms with Gasteiger partial charge in [-0.1, -0.05) is 13.8 Å². The number of nitrogens with one attached hydrogen (secondary N) is 1. The van der Waals surface area contributed by atoms with Gasteiger partial charge in [0, 0.05) is 12.1 Å². The molecule has 0 heterocycles. The largest absolute Gasteiger partial charge is 0.490 e. The van der Waals surface area contributed by atoms with Gasteiger partial charge in [-0.15, -0.1) is 0 Å². The van der Waals surface area contributed by atoms with Gasteiger partial charge in [-0.25, -0.2) is 0 Å². The highest BCUT2D eigenvalue weighted by Gasteiger charge is 2.21. The Labute approximate surface area is 139 Å². The number of hydrogen-bond acceptors (Lipinski definition) is 3. The number of aliphatic hydroxyl groups is 1. The van der Waals surface area contributed by atoms with Gasteiger partial charge in [0.1, 0.15) is 5.75 Å². The lowest BCUT2D eigenvalue weighted by Gasteiger charge is -2.26. The van der Waals surface area contributed by atoms with Crippen molar-refractivity contribution in [3.05, 3.63) is 29.8 Å². The van der Waals surface area contributed by atoms with E-state index in [1.807, 2.05) is 26.0 Å². The SMILES string of the molecule is CC(O)CC(C)(C)CNC(=O)c1ccc(OC2CCCC2)cc1. The molecule has 1 aromatic carbocycles. The predicted octanol–water partition coefficient (Wildman–Crippen LogP) is 3.53. The van der Waals surface area contributed by atoms with Gasteiger partial charge in [0.05, 0.1) is 12.2 Å². The van der Waals surface area contributed by atoms with E-state index >= 15 is 0 Å². The van der Waals surface area contributed by atoms with E-state index in [1.54, 1.807) is 19.1 Å². The van der Waals surface area contributed by atoms with Gasteiger partial charge < -0.3 is 15.2 Å². The molecule has 1 aliphatic carbocycles. The molecule has 0 bridgehead atoms. The van der Waals surface area contributed by atoms with Crippen LogP contribution in [-0.4, -0.2) is 29.8 Å². The maximum absolute atomic E-state index is 12.2. The number of carbonyl (C=O) groups is 1. The van der Waals surface area contributed by atoms with Gasteiger partial charge in [0.15, 0.2) is 0 Å². The summed E-state index contributed by atoms with van der Waals surface area (Å²) in [5, 5.41) is 12.4. The van der Waals surface area contributed by atoms with Crippen molar-refractivity contribution in [2.24, 2.45) is 5.41 Å². The molecule has 1 unspecified atom stereocenters. The number of amides is 1. The van der Waals surface area contributed by atoms with E-state index in [2.05, 4.69) is 5.32 Å². The Balaban J connectivity index is 1.84. The number of hydrogen-bond donors (Lipinski definition) is 2. The summed E-state index contributed by atoms with van der Waals surface area (Å²) in [6.07, 6.45) is 5.36. The minimum atomic E-state index is -0.367. The van der Waals surface area contributed by atoms with Crippen molar-refractivity contribution >= 4 is 5.91 Å². The van der Waals surface area contributed by atoms with Gasteiger partial charge in [-0.3, -0.25) is 4.79 Å². The van der Waals surface area contributed by atoms with Gasteiger partial charge >= 0.3 is 0 Å². The molecule has 2 N–H and O–H groups in total. The molecule has 1 saturated carbocycles. The summed E-state index contributed by atoms with van der Waals surface area (Å²) in [4.78, 5) is 12.2.